The van der Waals surface area contributed by atoms with Crippen LogP contribution in [0, 0.1) is 35.4 Å². The molecule has 0 bridgehead atoms. The van der Waals surface area contributed by atoms with Crippen molar-refractivity contribution in [3.8, 4) is 12.1 Å². The van der Waals surface area contributed by atoms with E-state index in [2.05, 4.69) is 5.32 Å². The lowest BCUT2D eigenvalue weighted by molar-refractivity contribution is -0.138. The van der Waals surface area contributed by atoms with Crippen LogP contribution in [0.5, 0.6) is 0 Å². The lowest BCUT2D eigenvalue weighted by Gasteiger charge is -2.12. The second-order valence-corrected chi connectivity index (χ2v) is 3.57. The van der Waals surface area contributed by atoms with E-state index in [4.69, 9.17) is 10.5 Å². The highest BCUT2D eigenvalue weighted by Crippen LogP contribution is 2.34. The summed E-state index contributed by atoms with van der Waals surface area (Å²) in [6, 6.07) is 4.38. The average Bonchev–Trinajstić information content (AvgIpc) is 2.32. The van der Waals surface area contributed by atoms with Gasteiger partial charge in [0.05, 0.1) is 11.3 Å². The van der Waals surface area contributed by atoms with Crippen molar-refractivity contribution in [2.75, 3.05) is 5.32 Å². The molecule has 1 rings (SSSR count). The summed E-state index contributed by atoms with van der Waals surface area (Å²) in [4.78, 5) is 0. The number of benzene rings is 1. The Morgan fingerprint density at radius 1 is 1.26 bits per heavy atom. The molecule has 1 N–H and O–H groups in total. The molecule has 0 aliphatic carbocycles. The van der Waals surface area contributed by atoms with Gasteiger partial charge in [0.1, 0.15) is 23.5 Å². The number of rotatable bonds is 2. The molecule has 0 fully saturated rings. The molecular formula is C12H7F4N3. The molecule has 0 aliphatic rings. The van der Waals surface area contributed by atoms with Gasteiger partial charge < -0.3 is 5.32 Å². The maximum atomic E-state index is 13.5. The minimum absolute atomic E-state index is 0.166. The van der Waals surface area contributed by atoms with Crippen molar-refractivity contribution in [2.24, 2.45) is 0 Å². The Labute approximate surface area is 106 Å². The normalized spacial score (nSPS) is 10.3. The highest BCUT2D eigenvalue weighted by atomic mass is 19.4. The third kappa shape index (κ3) is 3.46. The van der Waals surface area contributed by atoms with Crippen LogP contribution in [-0.4, -0.2) is 0 Å². The Hall–Kier alpha value is -2.54. The van der Waals surface area contributed by atoms with Crippen molar-refractivity contribution >= 4 is 5.69 Å². The molecule has 0 atom stereocenters. The molecular weight excluding hydrogens is 262 g/mol. The highest BCUT2D eigenvalue weighted by molar-refractivity contribution is 5.54. The van der Waals surface area contributed by atoms with Crippen LogP contribution in [0.3, 0.4) is 0 Å². The fourth-order valence-corrected chi connectivity index (χ4v) is 1.34. The van der Waals surface area contributed by atoms with E-state index in [1.54, 1.807) is 0 Å². The summed E-state index contributed by atoms with van der Waals surface area (Å²) >= 11 is 0. The number of hydrogen-bond donors (Lipinski definition) is 1. The number of hydrogen-bond acceptors (Lipinski definition) is 3. The van der Waals surface area contributed by atoms with Gasteiger partial charge in [0.25, 0.3) is 0 Å². The van der Waals surface area contributed by atoms with Crippen LogP contribution < -0.4 is 5.32 Å². The Kier molecular flexibility index (Phi) is 4.13. The SMILES string of the molecule is Cc1cc(NC=C(C#N)C#N)c(F)cc1C(F)(F)F. The predicted molar refractivity (Wildman–Crippen MR) is 59.1 cm³/mol. The zero-order chi connectivity index (χ0) is 14.6. The lowest BCUT2D eigenvalue weighted by atomic mass is 10.1. The zero-order valence-corrected chi connectivity index (χ0v) is 9.64. The minimum Gasteiger partial charge on any atom is -0.357 e. The summed E-state index contributed by atoms with van der Waals surface area (Å²) in [5.41, 5.74) is -1.80. The second-order valence-electron chi connectivity index (χ2n) is 3.57. The average molecular weight is 269 g/mol. The fourth-order valence-electron chi connectivity index (χ4n) is 1.34. The third-order valence-corrected chi connectivity index (χ3v) is 2.23. The monoisotopic (exact) mass is 269 g/mol. The number of aryl methyl sites for hydroxylation is 1. The number of nitriles is 2. The van der Waals surface area contributed by atoms with Crippen LogP contribution in [0.25, 0.3) is 0 Å². The van der Waals surface area contributed by atoms with Gasteiger partial charge in [-0.2, -0.15) is 23.7 Å². The maximum absolute atomic E-state index is 13.5. The van der Waals surface area contributed by atoms with E-state index in [9.17, 15) is 17.6 Å². The van der Waals surface area contributed by atoms with E-state index in [0.717, 1.165) is 12.3 Å². The summed E-state index contributed by atoms with van der Waals surface area (Å²) < 4.78 is 51.0. The van der Waals surface area contributed by atoms with Crippen molar-refractivity contribution in [1.82, 2.24) is 0 Å². The number of anilines is 1. The van der Waals surface area contributed by atoms with Crippen LogP contribution in [0.15, 0.2) is 23.9 Å². The van der Waals surface area contributed by atoms with Gasteiger partial charge in [0.2, 0.25) is 0 Å². The van der Waals surface area contributed by atoms with Crippen LogP contribution in [-0.2, 0) is 6.18 Å². The maximum Gasteiger partial charge on any atom is 0.416 e. The third-order valence-electron chi connectivity index (χ3n) is 2.23. The Morgan fingerprint density at radius 2 is 1.84 bits per heavy atom. The summed E-state index contributed by atoms with van der Waals surface area (Å²) in [5, 5.41) is 19.2. The van der Waals surface area contributed by atoms with Gasteiger partial charge >= 0.3 is 6.18 Å². The molecule has 0 amide bonds. The predicted octanol–water partition coefficient (Wildman–Crippen LogP) is 3.50. The van der Waals surface area contributed by atoms with E-state index in [0.29, 0.717) is 6.07 Å². The number of allylic oxidation sites excluding steroid dienone is 1. The molecule has 0 radical (unpaired) electrons. The van der Waals surface area contributed by atoms with Gasteiger partial charge in [-0.3, -0.25) is 0 Å². The van der Waals surface area contributed by atoms with Crippen molar-refractivity contribution in [2.45, 2.75) is 13.1 Å². The van der Waals surface area contributed by atoms with Gasteiger partial charge in [-0.05, 0) is 24.6 Å². The Balaban J connectivity index is 3.15. The standard InChI is InChI=1S/C12H7F4N3/c1-7-2-11(19-6-8(4-17)5-18)10(13)3-9(7)12(14,15)16/h2-3,6,19H,1H3. The van der Waals surface area contributed by atoms with Crippen LogP contribution in [0.1, 0.15) is 11.1 Å². The number of nitrogens with zero attached hydrogens (tertiary/aromatic N) is 2. The Morgan fingerprint density at radius 3 is 2.32 bits per heavy atom. The molecule has 1 aromatic rings. The van der Waals surface area contributed by atoms with Gasteiger partial charge in [0.15, 0.2) is 0 Å². The van der Waals surface area contributed by atoms with Gasteiger partial charge in [-0.15, -0.1) is 0 Å². The molecule has 0 heterocycles. The quantitative estimate of drug-likeness (QED) is 0.660. The molecule has 3 nitrogen and oxygen atoms in total. The molecule has 0 unspecified atom stereocenters. The largest absolute Gasteiger partial charge is 0.416 e. The lowest BCUT2D eigenvalue weighted by Crippen LogP contribution is -2.09. The molecule has 1 aromatic carbocycles. The smallest absolute Gasteiger partial charge is 0.357 e. The first-order valence-corrected chi connectivity index (χ1v) is 4.94. The van der Waals surface area contributed by atoms with E-state index in [-0.39, 0.29) is 16.8 Å². The van der Waals surface area contributed by atoms with Gasteiger partial charge in [0, 0.05) is 6.20 Å². The molecule has 98 valence electrons. The summed E-state index contributed by atoms with van der Waals surface area (Å²) in [6.45, 7) is 1.19. The first kappa shape index (κ1) is 14.5. The van der Waals surface area contributed by atoms with Crippen molar-refractivity contribution in [1.29, 1.82) is 10.5 Å². The van der Waals surface area contributed by atoms with E-state index in [1.165, 1.54) is 19.1 Å². The van der Waals surface area contributed by atoms with Crippen LogP contribution in [0.4, 0.5) is 23.2 Å². The molecule has 0 spiro atoms. The van der Waals surface area contributed by atoms with Gasteiger partial charge in [-0.1, -0.05) is 0 Å². The van der Waals surface area contributed by atoms with Crippen molar-refractivity contribution < 1.29 is 17.6 Å². The van der Waals surface area contributed by atoms with Gasteiger partial charge in [-0.25, -0.2) is 4.39 Å². The minimum atomic E-state index is -4.64. The van der Waals surface area contributed by atoms with E-state index >= 15 is 0 Å². The Bertz CT molecular complexity index is 587. The first-order chi connectivity index (χ1) is 8.79. The summed E-state index contributed by atoms with van der Waals surface area (Å²) in [5.74, 6) is -1.12. The van der Waals surface area contributed by atoms with Crippen LogP contribution in [0.2, 0.25) is 0 Å². The molecule has 0 aliphatic heterocycles. The second kappa shape index (κ2) is 5.40. The molecule has 7 heteroatoms. The molecule has 19 heavy (non-hydrogen) atoms. The van der Waals surface area contributed by atoms with Crippen LogP contribution >= 0.6 is 0 Å². The molecule has 0 aromatic heterocycles. The molecule has 0 saturated heterocycles. The van der Waals surface area contributed by atoms with Crippen molar-refractivity contribution in [3.05, 3.63) is 40.8 Å². The highest BCUT2D eigenvalue weighted by Gasteiger charge is 2.33. The first-order valence-electron chi connectivity index (χ1n) is 4.94. The van der Waals surface area contributed by atoms with Crippen molar-refractivity contribution in [3.63, 3.8) is 0 Å². The number of nitrogens with one attached hydrogen (secondary N) is 1. The topological polar surface area (TPSA) is 59.6 Å². The molecule has 0 saturated carbocycles. The number of halogens is 4. The van der Waals surface area contributed by atoms with E-state index in [1.807, 2.05) is 0 Å². The summed E-state index contributed by atoms with van der Waals surface area (Å²) in [7, 11) is 0. The zero-order valence-electron chi connectivity index (χ0n) is 9.64. The fraction of sp³-hybridized carbons (Fsp3) is 0.167. The van der Waals surface area contributed by atoms with E-state index < -0.39 is 17.6 Å². The summed E-state index contributed by atoms with van der Waals surface area (Å²) in [6.07, 6.45) is -3.71. The number of alkyl halides is 3.